The van der Waals surface area contributed by atoms with E-state index in [1.807, 2.05) is 11.0 Å². The molecule has 2 aliphatic heterocycles. The Kier molecular flexibility index (Phi) is 5.08. The Bertz CT molecular complexity index is 838. The van der Waals surface area contributed by atoms with Gasteiger partial charge in [-0.15, -0.1) is 4.40 Å². The van der Waals surface area contributed by atoms with E-state index >= 15 is 0 Å². The van der Waals surface area contributed by atoms with Gasteiger partial charge >= 0.3 is 6.03 Å². The number of amidine groups is 1. The van der Waals surface area contributed by atoms with E-state index in [1.165, 1.54) is 19.3 Å². The molecule has 0 bridgehead atoms. The fourth-order valence-electron chi connectivity index (χ4n) is 4.21. The Balaban J connectivity index is 1.32. The molecule has 2 N–H and O–H groups in total. The molecule has 1 aromatic rings. The lowest BCUT2D eigenvalue weighted by molar-refractivity contribution is 0.219. The van der Waals surface area contributed by atoms with Crippen molar-refractivity contribution >= 4 is 21.9 Å². The number of hydrogen-bond acceptors (Lipinski definition) is 4. The molecule has 1 aliphatic carbocycles. The summed E-state index contributed by atoms with van der Waals surface area (Å²) in [6, 6.07) is 7.29. The summed E-state index contributed by atoms with van der Waals surface area (Å²) in [5.74, 6) is 0.538. The average Bonchev–Trinajstić information content (AvgIpc) is 2.95. The van der Waals surface area contributed by atoms with E-state index in [9.17, 15) is 13.2 Å². The Morgan fingerprint density at radius 2 is 1.59 bits per heavy atom. The van der Waals surface area contributed by atoms with Crippen molar-refractivity contribution in [3.63, 3.8) is 0 Å². The van der Waals surface area contributed by atoms with Crippen molar-refractivity contribution in [3.8, 4) is 0 Å². The van der Waals surface area contributed by atoms with Crippen LogP contribution in [0.25, 0.3) is 0 Å². The molecular weight excluding hydrogens is 364 g/mol. The fourth-order valence-corrected chi connectivity index (χ4v) is 5.44. The van der Waals surface area contributed by atoms with E-state index in [0.29, 0.717) is 30.5 Å². The topological polar surface area (TPSA) is 90.9 Å². The van der Waals surface area contributed by atoms with Gasteiger partial charge in [0, 0.05) is 30.7 Å². The Hall–Kier alpha value is -2.09. The van der Waals surface area contributed by atoms with Crippen molar-refractivity contribution in [2.75, 3.05) is 13.1 Å². The highest BCUT2D eigenvalue weighted by molar-refractivity contribution is 7.90. The molecule has 0 spiro atoms. The number of carbonyl (C=O) groups is 1. The van der Waals surface area contributed by atoms with Crippen molar-refractivity contribution in [1.82, 2.24) is 15.5 Å². The molecule has 4 rings (SSSR count). The number of nitrogens with zero attached hydrogens (tertiary/aromatic N) is 2. The molecule has 1 saturated carbocycles. The van der Waals surface area contributed by atoms with Crippen molar-refractivity contribution in [2.45, 2.75) is 61.9 Å². The van der Waals surface area contributed by atoms with Crippen LogP contribution < -0.4 is 10.6 Å². The van der Waals surface area contributed by atoms with Crippen LogP contribution in [-0.2, 0) is 10.0 Å². The van der Waals surface area contributed by atoms with Gasteiger partial charge in [0.1, 0.15) is 4.90 Å². The molecule has 0 aromatic heterocycles. The number of nitrogens with one attached hydrogen (secondary N) is 2. The highest BCUT2D eigenvalue weighted by atomic mass is 32.2. The van der Waals surface area contributed by atoms with E-state index in [4.69, 9.17) is 0 Å². The van der Waals surface area contributed by atoms with Crippen LogP contribution in [0.1, 0.15) is 50.5 Å². The maximum atomic E-state index is 12.2. The molecular formula is C19H26N4O3S. The van der Waals surface area contributed by atoms with Crippen LogP contribution in [0.5, 0.6) is 0 Å². The Morgan fingerprint density at radius 1 is 0.963 bits per heavy atom. The molecule has 2 heterocycles. The molecule has 7 nitrogen and oxygen atoms in total. The molecule has 0 atom stereocenters. The minimum absolute atomic E-state index is 0.0773. The van der Waals surface area contributed by atoms with Crippen LogP contribution in [0.15, 0.2) is 33.6 Å². The molecule has 1 aromatic carbocycles. The monoisotopic (exact) mass is 390 g/mol. The number of likely N-dealkylation sites (tertiary alicyclic amines) is 1. The molecule has 1 saturated heterocycles. The molecule has 27 heavy (non-hydrogen) atoms. The van der Waals surface area contributed by atoms with Crippen molar-refractivity contribution in [1.29, 1.82) is 0 Å². The summed E-state index contributed by atoms with van der Waals surface area (Å²) in [6.07, 6.45) is 7.34. The third-order valence-corrected chi connectivity index (χ3v) is 7.01. The summed E-state index contributed by atoms with van der Waals surface area (Å²) in [6.45, 7) is 1.36. The number of hydrogen-bond donors (Lipinski definition) is 2. The first-order valence-electron chi connectivity index (χ1n) is 9.79. The average molecular weight is 391 g/mol. The van der Waals surface area contributed by atoms with Gasteiger partial charge in [-0.1, -0.05) is 31.4 Å². The zero-order valence-electron chi connectivity index (χ0n) is 15.4. The van der Waals surface area contributed by atoms with Gasteiger partial charge in [0.15, 0.2) is 5.84 Å². The Labute approximate surface area is 160 Å². The lowest BCUT2D eigenvalue weighted by Gasteiger charge is -2.34. The summed E-state index contributed by atoms with van der Waals surface area (Å²) < 4.78 is 28.4. The number of urea groups is 1. The van der Waals surface area contributed by atoms with Gasteiger partial charge in [-0.3, -0.25) is 0 Å². The molecule has 2 amide bonds. The third kappa shape index (κ3) is 3.95. The number of carbonyl (C=O) groups excluding carboxylic acids is 1. The van der Waals surface area contributed by atoms with E-state index in [0.717, 1.165) is 25.7 Å². The highest BCUT2D eigenvalue weighted by Gasteiger charge is 2.33. The number of amides is 2. The van der Waals surface area contributed by atoms with Crippen LogP contribution in [0.2, 0.25) is 0 Å². The summed E-state index contributed by atoms with van der Waals surface area (Å²) in [5.41, 5.74) is 0.680. The normalized spacial score (nSPS) is 22.8. The van der Waals surface area contributed by atoms with Crippen LogP contribution in [0.4, 0.5) is 4.79 Å². The van der Waals surface area contributed by atoms with E-state index in [2.05, 4.69) is 15.0 Å². The lowest BCUT2D eigenvalue weighted by Crippen LogP contribution is -2.51. The predicted molar refractivity (Wildman–Crippen MR) is 103 cm³/mol. The number of sulfonamides is 1. The van der Waals surface area contributed by atoms with Gasteiger partial charge in [-0.25, -0.2) is 4.79 Å². The maximum absolute atomic E-state index is 12.2. The van der Waals surface area contributed by atoms with Gasteiger partial charge < -0.3 is 15.5 Å². The van der Waals surface area contributed by atoms with Crippen molar-refractivity contribution in [3.05, 3.63) is 29.8 Å². The van der Waals surface area contributed by atoms with Crippen molar-refractivity contribution < 1.29 is 13.2 Å². The van der Waals surface area contributed by atoms with E-state index in [-0.39, 0.29) is 17.0 Å². The van der Waals surface area contributed by atoms with Gasteiger partial charge in [-0.2, -0.15) is 8.42 Å². The first kappa shape index (κ1) is 18.3. The van der Waals surface area contributed by atoms with Gasteiger partial charge in [0.2, 0.25) is 0 Å². The summed E-state index contributed by atoms with van der Waals surface area (Å²) in [7, 11) is -3.59. The van der Waals surface area contributed by atoms with Crippen LogP contribution in [0, 0.1) is 0 Å². The zero-order chi connectivity index (χ0) is 18.9. The molecule has 8 heteroatoms. The first-order valence-corrected chi connectivity index (χ1v) is 11.2. The van der Waals surface area contributed by atoms with Crippen LogP contribution in [0.3, 0.4) is 0 Å². The minimum Gasteiger partial charge on any atom is -0.355 e. The highest BCUT2D eigenvalue weighted by Crippen LogP contribution is 2.28. The maximum Gasteiger partial charge on any atom is 0.315 e. The van der Waals surface area contributed by atoms with E-state index < -0.39 is 10.0 Å². The number of piperidine rings is 1. The van der Waals surface area contributed by atoms with Gasteiger partial charge in [0.25, 0.3) is 10.0 Å². The summed E-state index contributed by atoms with van der Waals surface area (Å²) in [4.78, 5) is 14.5. The fraction of sp³-hybridized carbons (Fsp3) is 0.579. The van der Waals surface area contributed by atoms with Crippen LogP contribution >= 0.6 is 0 Å². The Morgan fingerprint density at radius 3 is 2.30 bits per heavy atom. The summed E-state index contributed by atoms with van der Waals surface area (Å²) >= 11 is 0. The third-order valence-electron chi connectivity index (χ3n) is 5.68. The second-order valence-electron chi connectivity index (χ2n) is 7.60. The van der Waals surface area contributed by atoms with Crippen molar-refractivity contribution in [2.24, 2.45) is 4.40 Å². The summed E-state index contributed by atoms with van der Waals surface area (Å²) in [5, 5.41) is 6.17. The SMILES string of the molecule is O=C(NC1CCCCC1)NC1CCN(C2=NS(=O)(=O)c3ccccc32)CC1. The quantitative estimate of drug-likeness (QED) is 0.810. The van der Waals surface area contributed by atoms with Gasteiger partial charge in [-0.05, 0) is 37.8 Å². The van der Waals surface area contributed by atoms with Gasteiger partial charge in [0.05, 0.1) is 0 Å². The lowest BCUT2D eigenvalue weighted by atomic mass is 9.96. The number of rotatable bonds is 2. The standard InChI is InChI=1S/C19H26N4O3S/c24-19(20-14-6-2-1-3-7-14)21-15-10-12-23(13-11-15)18-16-8-4-5-9-17(16)27(25,26)22-18/h4-5,8-9,14-15H,1-3,6-7,10-13H2,(H2,20,21,24). The minimum atomic E-state index is -3.59. The smallest absolute Gasteiger partial charge is 0.315 e. The second kappa shape index (κ2) is 7.50. The molecule has 0 radical (unpaired) electrons. The molecule has 2 fully saturated rings. The second-order valence-corrected chi connectivity index (χ2v) is 9.17. The van der Waals surface area contributed by atoms with Crippen LogP contribution in [-0.4, -0.2) is 50.4 Å². The predicted octanol–water partition coefficient (Wildman–Crippen LogP) is 2.23. The van der Waals surface area contributed by atoms with E-state index in [1.54, 1.807) is 18.2 Å². The number of fused-ring (bicyclic) bond motifs is 1. The molecule has 146 valence electrons. The first-order chi connectivity index (χ1) is 13.0. The largest absolute Gasteiger partial charge is 0.355 e. The molecule has 0 unspecified atom stereocenters. The zero-order valence-corrected chi connectivity index (χ0v) is 16.2. The number of benzene rings is 1. The molecule has 3 aliphatic rings.